The third kappa shape index (κ3) is 8.51. The third-order valence-electron chi connectivity index (χ3n) is 2.68. The van der Waals surface area contributed by atoms with Crippen molar-refractivity contribution in [2.24, 2.45) is 5.92 Å². The van der Waals surface area contributed by atoms with Gasteiger partial charge in [0.2, 0.25) is 0 Å². The number of rotatable bonds is 9. The highest BCUT2D eigenvalue weighted by Crippen LogP contribution is 2.16. The van der Waals surface area contributed by atoms with Crippen molar-refractivity contribution >= 4 is 5.97 Å². The Hall–Kier alpha value is -0.790. The van der Waals surface area contributed by atoms with E-state index in [2.05, 4.69) is 13.8 Å². The van der Waals surface area contributed by atoms with E-state index in [4.69, 9.17) is 4.74 Å². The largest absolute Gasteiger partial charge is 0.462 e. The SMILES string of the molecule is C/C=C\C(=O)OCC(CCC)CCCCC. The molecule has 0 aliphatic rings. The van der Waals surface area contributed by atoms with Crippen LogP contribution in [0.15, 0.2) is 12.2 Å². The first-order valence-corrected chi connectivity index (χ1v) is 6.54. The van der Waals surface area contributed by atoms with Crippen molar-refractivity contribution in [1.29, 1.82) is 0 Å². The lowest BCUT2D eigenvalue weighted by Gasteiger charge is -2.15. The summed E-state index contributed by atoms with van der Waals surface area (Å²) in [6.45, 7) is 6.80. The second-order valence-corrected chi connectivity index (χ2v) is 4.28. The second-order valence-electron chi connectivity index (χ2n) is 4.28. The zero-order chi connectivity index (χ0) is 12.2. The summed E-state index contributed by atoms with van der Waals surface area (Å²) in [4.78, 5) is 11.2. The quantitative estimate of drug-likeness (QED) is 0.336. The van der Waals surface area contributed by atoms with E-state index >= 15 is 0 Å². The average Bonchev–Trinajstić information content (AvgIpc) is 2.26. The Morgan fingerprint density at radius 2 is 1.94 bits per heavy atom. The minimum atomic E-state index is -0.209. The number of carbonyl (C=O) groups excluding carboxylic acids is 1. The van der Waals surface area contributed by atoms with Crippen LogP contribution in [0.25, 0.3) is 0 Å². The van der Waals surface area contributed by atoms with Gasteiger partial charge in [0.1, 0.15) is 0 Å². The Labute approximate surface area is 100 Å². The predicted octanol–water partition coefficient (Wildman–Crippen LogP) is 4.10. The molecule has 0 amide bonds. The monoisotopic (exact) mass is 226 g/mol. The van der Waals surface area contributed by atoms with Crippen molar-refractivity contribution in [1.82, 2.24) is 0 Å². The highest BCUT2D eigenvalue weighted by molar-refractivity contribution is 5.81. The van der Waals surface area contributed by atoms with E-state index < -0.39 is 0 Å². The molecule has 0 fully saturated rings. The summed E-state index contributed by atoms with van der Waals surface area (Å²) in [5, 5.41) is 0. The Morgan fingerprint density at radius 1 is 1.19 bits per heavy atom. The van der Waals surface area contributed by atoms with Gasteiger partial charge in [0, 0.05) is 6.08 Å². The fourth-order valence-electron chi connectivity index (χ4n) is 1.79. The fraction of sp³-hybridized carbons (Fsp3) is 0.786. The molecule has 0 saturated carbocycles. The van der Waals surface area contributed by atoms with Gasteiger partial charge in [-0.15, -0.1) is 0 Å². The first kappa shape index (κ1) is 15.2. The van der Waals surface area contributed by atoms with Gasteiger partial charge in [-0.3, -0.25) is 0 Å². The Bertz CT molecular complexity index is 197. The summed E-state index contributed by atoms with van der Waals surface area (Å²) in [5.41, 5.74) is 0. The fourth-order valence-corrected chi connectivity index (χ4v) is 1.79. The van der Waals surface area contributed by atoms with Gasteiger partial charge >= 0.3 is 5.97 Å². The molecule has 0 bridgehead atoms. The van der Waals surface area contributed by atoms with Crippen LogP contribution in [0.4, 0.5) is 0 Å². The smallest absolute Gasteiger partial charge is 0.330 e. The van der Waals surface area contributed by atoms with Crippen LogP contribution in [-0.4, -0.2) is 12.6 Å². The van der Waals surface area contributed by atoms with E-state index in [-0.39, 0.29) is 5.97 Å². The van der Waals surface area contributed by atoms with Gasteiger partial charge in [-0.1, -0.05) is 45.6 Å². The Morgan fingerprint density at radius 3 is 2.50 bits per heavy atom. The first-order valence-electron chi connectivity index (χ1n) is 6.54. The molecule has 0 aromatic heterocycles. The molecule has 2 heteroatoms. The van der Waals surface area contributed by atoms with Crippen molar-refractivity contribution in [2.75, 3.05) is 6.61 Å². The zero-order valence-corrected chi connectivity index (χ0v) is 11.0. The molecule has 16 heavy (non-hydrogen) atoms. The molecule has 0 aromatic carbocycles. The molecule has 0 heterocycles. The molecule has 0 N–H and O–H groups in total. The van der Waals surface area contributed by atoms with Crippen LogP contribution < -0.4 is 0 Å². The summed E-state index contributed by atoms with van der Waals surface area (Å²) in [6.07, 6.45) is 10.5. The van der Waals surface area contributed by atoms with E-state index in [1.165, 1.54) is 31.8 Å². The minimum Gasteiger partial charge on any atom is -0.462 e. The number of hydrogen-bond donors (Lipinski definition) is 0. The van der Waals surface area contributed by atoms with Crippen LogP contribution in [0.5, 0.6) is 0 Å². The molecule has 0 aromatic rings. The summed E-state index contributed by atoms with van der Waals surface area (Å²) in [6, 6.07) is 0. The van der Waals surface area contributed by atoms with Gasteiger partial charge < -0.3 is 4.74 Å². The highest BCUT2D eigenvalue weighted by atomic mass is 16.5. The summed E-state index contributed by atoms with van der Waals surface area (Å²) in [7, 11) is 0. The van der Waals surface area contributed by atoms with Crippen molar-refractivity contribution < 1.29 is 9.53 Å². The maximum Gasteiger partial charge on any atom is 0.330 e. The Balaban J connectivity index is 3.78. The number of unbranched alkanes of at least 4 members (excludes halogenated alkanes) is 2. The summed E-state index contributed by atoms with van der Waals surface area (Å²) >= 11 is 0. The minimum absolute atomic E-state index is 0.209. The van der Waals surface area contributed by atoms with Crippen molar-refractivity contribution in [3.8, 4) is 0 Å². The van der Waals surface area contributed by atoms with E-state index in [9.17, 15) is 4.79 Å². The van der Waals surface area contributed by atoms with Crippen LogP contribution in [0.1, 0.15) is 59.3 Å². The van der Waals surface area contributed by atoms with E-state index in [0.717, 1.165) is 12.8 Å². The molecule has 0 rings (SSSR count). The van der Waals surface area contributed by atoms with Gasteiger partial charge in [-0.2, -0.15) is 0 Å². The summed E-state index contributed by atoms with van der Waals surface area (Å²) in [5.74, 6) is 0.338. The van der Waals surface area contributed by atoms with Gasteiger partial charge in [-0.05, 0) is 25.7 Å². The summed E-state index contributed by atoms with van der Waals surface area (Å²) < 4.78 is 5.20. The van der Waals surface area contributed by atoms with E-state index in [0.29, 0.717) is 12.5 Å². The molecule has 0 aliphatic heterocycles. The number of esters is 1. The molecule has 0 aliphatic carbocycles. The van der Waals surface area contributed by atoms with Gasteiger partial charge in [0.25, 0.3) is 0 Å². The van der Waals surface area contributed by atoms with E-state index in [1.54, 1.807) is 6.08 Å². The maximum atomic E-state index is 11.2. The molecule has 0 radical (unpaired) electrons. The lowest BCUT2D eigenvalue weighted by molar-refractivity contribution is -0.139. The lowest BCUT2D eigenvalue weighted by Crippen LogP contribution is -2.13. The molecular weight excluding hydrogens is 200 g/mol. The first-order chi connectivity index (χ1) is 7.74. The molecule has 0 saturated heterocycles. The van der Waals surface area contributed by atoms with Crippen LogP contribution in [0.3, 0.4) is 0 Å². The third-order valence-corrected chi connectivity index (χ3v) is 2.68. The van der Waals surface area contributed by atoms with Crippen molar-refractivity contribution in [2.45, 2.75) is 59.3 Å². The average molecular weight is 226 g/mol. The topological polar surface area (TPSA) is 26.3 Å². The van der Waals surface area contributed by atoms with E-state index in [1.807, 2.05) is 6.92 Å². The lowest BCUT2D eigenvalue weighted by atomic mass is 9.97. The predicted molar refractivity (Wildman–Crippen MR) is 68.3 cm³/mol. The number of carbonyl (C=O) groups is 1. The normalized spacial score (nSPS) is 12.9. The van der Waals surface area contributed by atoms with Crippen LogP contribution in [0, 0.1) is 5.92 Å². The molecule has 1 atom stereocenters. The second kappa shape index (κ2) is 10.7. The van der Waals surface area contributed by atoms with Crippen molar-refractivity contribution in [3.63, 3.8) is 0 Å². The van der Waals surface area contributed by atoms with Gasteiger partial charge in [-0.25, -0.2) is 4.79 Å². The van der Waals surface area contributed by atoms with Gasteiger partial charge in [0.05, 0.1) is 6.61 Å². The van der Waals surface area contributed by atoms with Gasteiger partial charge in [0.15, 0.2) is 0 Å². The molecule has 94 valence electrons. The Kier molecular flexibility index (Phi) is 10.2. The molecule has 1 unspecified atom stereocenters. The molecule has 2 nitrogen and oxygen atoms in total. The number of hydrogen-bond acceptors (Lipinski definition) is 2. The number of allylic oxidation sites excluding steroid dienone is 1. The van der Waals surface area contributed by atoms with Crippen molar-refractivity contribution in [3.05, 3.63) is 12.2 Å². The van der Waals surface area contributed by atoms with Crippen LogP contribution >= 0.6 is 0 Å². The van der Waals surface area contributed by atoms with Crippen LogP contribution in [-0.2, 0) is 9.53 Å². The highest BCUT2D eigenvalue weighted by Gasteiger charge is 2.09. The molecule has 0 spiro atoms. The van der Waals surface area contributed by atoms with Crippen LogP contribution in [0.2, 0.25) is 0 Å². The zero-order valence-electron chi connectivity index (χ0n) is 11.0. The molecular formula is C14H26O2. The standard InChI is InChI=1S/C14H26O2/c1-4-7-8-11-13(9-5-2)12-16-14(15)10-6-3/h6,10,13H,4-5,7-9,11-12H2,1-3H3/b10-6-. The number of ether oxygens (including phenoxy) is 1. The maximum absolute atomic E-state index is 11.2.